The van der Waals surface area contributed by atoms with E-state index in [9.17, 15) is 4.79 Å². The largest absolute Gasteiger partial charge is 0.339 e. The van der Waals surface area contributed by atoms with E-state index in [1.807, 2.05) is 18.0 Å². The van der Waals surface area contributed by atoms with Crippen molar-refractivity contribution in [3.8, 4) is 0 Å². The van der Waals surface area contributed by atoms with E-state index in [-0.39, 0.29) is 5.91 Å². The molecule has 0 spiro atoms. The van der Waals surface area contributed by atoms with Gasteiger partial charge in [-0.15, -0.1) is 0 Å². The van der Waals surface area contributed by atoms with Crippen molar-refractivity contribution >= 4 is 5.91 Å². The van der Waals surface area contributed by atoms with Crippen molar-refractivity contribution in [2.75, 3.05) is 20.1 Å². The number of fused-ring (bicyclic) bond motifs is 1. The first-order valence-electron chi connectivity index (χ1n) is 7.85. The molecule has 1 aliphatic carbocycles. The van der Waals surface area contributed by atoms with Crippen LogP contribution in [-0.2, 0) is 12.8 Å². The average molecular weight is 272 g/mol. The molecule has 3 nitrogen and oxygen atoms in total. The Balaban J connectivity index is 1.74. The third-order valence-corrected chi connectivity index (χ3v) is 4.76. The molecular formula is C17H24N2O. The van der Waals surface area contributed by atoms with Crippen molar-refractivity contribution in [2.24, 2.45) is 0 Å². The van der Waals surface area contributed by atoms with Crippen molar-refractivity contribution in [2.45, 2.75) is 44.6 Å². The Morgan fingerprint density at radius 2 is 2.00 bits per heavy atom. The molecule has 1 heterocycles. The predicted octanol–water partition coefficient (Wildman–Crippen LogP) is 2.39. The molecule has 0 bridgehead atoms. The molecule has 1 aliphatic heterocycles. The molecule has 108 valence electrons. The van der Waals surface area contributed by atoms with Crippen LogP contribution in [-0.4, -0.2) is 37.0 Å². The highest BCUT2D eigenvalue weighted by Crippen LogP contribution is 2.24. The summed E-state index contributed by atoms with van der Waals surface area (Å²) in [5.41, 5.74) is 3.68. The van der Waals surface area contributed by atoms with Crippen LogP contribution in [0.1, 0.15) is 47.2 Å². The van der Waals surface area contributed by atoms with E-state index >= 15 is 0 Å². The van der Waals surface area contributed by atoms with Gasteiger partial charge >= 0.3 is 0 Å². The van der Waals surface area contributed by atoms with Gasteiger partial charge in [0, 0.05) is 18.7 Å². The van der Waals surface area contributed by atoms with Crippen LogP contribution < -0.4 is 5.32 Å². The lowest BCUT2D eigenvalue weighted by Crippen LogP contribution is -2.37. The second-order valence-corrected chi connectivity index (χ2v) is 6.09. The minimum atomic E-state index is 0.187. The number of aryl methyl sites for hydroxylation is 2. The fraction of sp³-hybridized carbons (Fsp3) is 0.588. The number of nitrogens with zero attached hydrogens (tertiary/aromatic N) is 1. The summed E-state index contributed by atoms with van der Waals surface area (Å²) in [6, 6.07) is 6.66. The summed E-state index contributed by atoms with van der Waals surface area (Å²) in [4.78, 5) is 14.6. The van der Waals surface area contributed by atoms with Crippen molar-refractivity contribution in [1.29, 1.82) is 0 Å². The summed E-state index contributed by atoms with van der Waals surface area (Å²) in [6.07, 6.45) is 6.87. The number of carbonyl (C=O) groups excluding carboxylic acids is 1. The van der Waals surface area contributed by atoms with Crippen molar-refractivity contribution in [3.05, 3.63) is 34.9 Å². The minimum Gasteiger partial charge on any atom is -0.339 e. The molecule has 1 atom stereocenters. The lowest BCUT2D eigenvalue weighted by Gasteiger charge is -2.27. The van der Waals surface area contributed by atoms with Gasteiger partial charge in [-0.1, -0.05) is 6.07 Å². The number of hydrogen-bond acceptors (Lipinski definition) is 2. The standard InChI is InChI=1S/C17H24N2O/c1-19(16-6-3-10-18-11-9-16)17(20)15-8-7-13-4-2-5-14(13)12-15/h7-8,12,16,18H,2-6,9-11H2,1H3. The summed E-state index contributed by atoms with van der Waals surface area (Å²) in [5.74, 6) is 0.187. The highest BCUT2D eigenvalue weighted by atomic mass is 16.2. The topological polar surface area (TPSA) is 32.3 Å². The van der Waals surface area contributed by atoms with E-state index in [2.05, 4.69) is 17.4 Å². The highest BCUT2D eigenvalue weighted by Gasteiger charge is 2.23. The zero-order valence-corrected chi connectivity index (χ0v) is 12.3. The molecule has 3 heteroatoms. The van der Waals surface area contributed by atoms with E-state index in [4.69, 9.17) is 0 Å². The quantitative estimate of drug-likeness (QED) is 0.896. The normalized spacial score (nSPS) is 22.1. The third-order valence-electron chi connectivity index (χ3n) is 4.76. The van der Waals surface area contributed by atoms with Gasteiger partial charge in [0.2, 0.25) is 0 Å². The molecule has 1 unspecified atom stereocenters. The first kappa shape index (κ1) is 13.6. The van der Waals surface area contributed by atoms with Gasteiger partial charge in [0.15, 0.2) is 0 Å². The molecule has 2 aliphatic rings. The lowest BCUT2D eigenvalue weighted by atomic mass is 10.0. The van der Waals surface area contributed by atoms with Crippen LogP contribution in [0.15, 0.2) is 18.2 Å². The molecule has 1 fully saturated rings. The van der Waals surface area contributed by atoms with Crippen LogP contribution >= 0.6 is 0 Å². The van der Waals surface area contributed by atoms with Crippen LogP contribution in [0.3, 0.4) is 0 Å². The van der Waals surface area contributed by atoms with Crippen LogP contribution in [0.2, 0.25) is 0 Å². The van der Waals surface area contributed by atoms with Gasteiger partial charge in [-0.2, -0.15) is 0 Å². The number of amides is 1. The van der Waals surface area contributed by atoms with Gasteiger partial charge in [-0.05, 0) is 74.9 Å². The summed E-state index contributed by atoms with van der Waals surface area (Å²) in [6.45, 7) is 2.10. The maximum absolute atomic E-state index is 12.7. The van der Waals surface area contributed by atoms with Gasteiger partial charge in [-0.3, -0.25) is 4.79 Å². The highest BCUT2D eigenvalue weighted by molar-refractivity contribution is 5.94. The molecule has 0 saturated carbocycles. The number of rotatable bonds is 2. The number of nitrogens with one attached hydrogen (secondary N) is 1. The molecular weight excluding hydrogens is 248 g/mol. The van der Waals surface area contributed by atoms with E-state index < -0.39 is 0 Å². The summed E-state index contributed by atoms with van der Waals surface area (Å²) >= 11 is 0. The van der Waals surface area contributed by atoms with Crippen LogP contribution in [0, 0.1) is 0 Å². The zero-order valence-electron chi connectivity index (χ0n) is 12.3. The van der Waals surface area contributed by atoms with Crippen molar-refractivity contribution < 1.29 is 4.79 Å². The van der Waals surface area contributed by atoms with E-state index in [0.717, 1.165) is 44.3 Å². The Hall–Kier alpha value is -1.35. The SMILES string of the molecule is CN(C(=O)c1ccc2c(c1)CCC2)C1CCCNCC1. The van der Waals surface area contributed by atoms with Gasteiger partial charge in [0.05, 0.1) is 0 Å². The first-order valence-corrected chi connectivity index (χ1v) is 7.85. The second kappa shape index (κ2) is 5.96. The van der Waals surface area contributed by atoms with Gasteiger partial charge in [-0.25, -0.2) is 0 Å². The molecule has 0 aromatic heterocycles. The van der Waals surface area contributed by atoms with Gasteiger partial charge in [0.1, 0.15) is 0 Å². The van der Waals surface area contributed by atoms with E-state index in [1.54, 1.807) is 0 Å². The van der Waals surface area contributed by atoms with E-state index in [1.165, 1.54) is 24.0 Å². The predicted molar refractivity (Wildman–Crippen MR) is 81.1 cm³/mol. The van der Waals surface area contributed by atoms with Crippen molar-refractivity contribution in [3.63, 3.8) is 0 Å². The molecule has 1 N–H and O–H groups in total. The maximum Gasteiger partial charge on any atom is 0.253 e. The van der Waals surface area contributed by atoms with Crippen LogP contribution in [0.4, 0.5) is 0 Å². The molecule has 3 rings (SSSR count). The van der Waals surface area contributed by atoms with Crippen LogP contribution in [0.5, 0.6) is 0 Å². The Kier molecular flexibility index (Phi) is 4.06. The van der Waals surface area contributed by atoms with Gasteiger partial charge in [0.25, 0.3) is 5.91 Å². The Labute approximate surface area is 121 Å². The molecule has 20 heavy (non-hydrogen) atoms. The Bertz CT molecular complexity index is 490. The minimum absolute atomic E-state index is 0.187. The molecule has 1 saturated heterocycles. The molecule has 1 aromatic rings. The summed E-state index contributed by atoms with van der Waals surface area (Å²) < 4.78 is 0. The molecule has 1 aromatic carbocycles. The fourth-order valence-electron chi connectivity index (χ4n) is 3.46. The monoisotopic (exact) mass is 272 g/mol. The maximum atomic E-state index is 12.7. The summed E-state index contributed by atoms with van der Waals surface area (Å²) in [5, 5.41) is 3.41. The molecule has 1 amide bonds. The number of carbonyl (C=O) groups is 1. The van der Waals surface area contributed by atoms with Gasteiger partial charge < -0.3 is 10.2 Å². The number of hydrogen-bond donors (Lipinski definition) is 1. The average Bonchev–Trinajstić information content (AvgIpc) is 2.77. The number of benzene rings is 1. The lowest BCUT2D eigenvalue weighted by molar-refractivity contribution is 0.0720. The Morgan fingerprint density at radius 1 is 1.15 bits per heavy atom. The fourth-order valence-corrected chi connectivity index (χ4v) is 3.46. The Morgan fingerprint density at radius 3 is 2.90 bits per heavy atom. The third kappa shape index (κ3) is 2.73. The molecule has 0 radical (unpaired) electrons. The smallest absolute Gasteiger partial charge is 0.253 e. The zero-order chi connectivity index (χ0) is 13.9. The van der Waals surface area contributed by atoms with Crippen LogP contribution in [0.25, 0.3) is 0 Å². The summed E-state index contributed by atoms with van der Waals surface area (Å²) in [7, 11) is 1.96. The second-order valence-electron chi connectivity index (χ2n) is 6.09. The first-order chi connectivity index (χ1) is 9.75. The van der Waals surface area contributed by atoms with E-state index in [0.29, 0.717) is 6.04 Å². The van der Waals surface area contributed by atoms with Crippen molar-refractivity contribution in [1.82, 2.24) is 10.2 Å².